The van der Waals surface area contributed by atoms with Gasteiger partial charge >= 0.3 is 0 Å². The fourth-order valence-corrected chi connectivity index (χ4v) is 6.07. The number of benzene rings is 2. The number of thiophene rings is 1. The van der Waals surface area contributed by atoms with Gasteiger partial charge in [0.2, 0.25) is 0 Å². The van der Waals surface area contributed by atoms with Gasteiger partial charge in [0.05, 0.1) is 5.39 Å². The lowest BCUT2D eigenvalue weighted by molar-refractivity contribution is 1.11. The van der Waals surface area contributed by atoms with Crippen LogP contribution in [0.5, 0.6) is 0 Å². The highest BCUT2D eigenvalue weighted by atomic mass is 79.9. The van der Waals surface area contributed by atoms with Gasteiger partial charge in [0.25, 0.3) is 0 Å². The molecule has 0 saturated carbocycles. The van der Waals surface area contributed by atoms with E-state index >= 15 is 0 Å². The summed E-state index contributed by atoms with van der Waals surface area (Å²) in [5.41, 5.74) is 3.10. The molecule has 0 amide bonds. The molecule has 2 aromatic heterocycles. The summed E-state index contributed by atoms with van der Waals surface area (Å²) >= 11 is 25.3. The van der Waals surface area contributed by atoms with E-state index in [0.29, 0.717) is 20.8 Å². The summed E-state index contributed by atoms with van der Waals surface area (Å²) in [4.78, 5) is 9.89. The Morgan fingerprint density at radius 3 is 2.41 bits per heavy atom. The molecule has 0 spiro atoms. The zero-order valence-electron chi connectivity index (χ0n) is 13.5. The SMILES string of the molecule is Clc1cc(Cl)c(CSc2ncnc3scc(-c4ccc(Br)cc4)c23)c(Cl)c1. The van der Waals surface area contributed by atoms with Crippen molar-refractivity contribution in [3.05, 3.63) is 73.2 Å². The first-order valence-corrected chi connectivity index (χ1v) is 11.6. The Kier molecular flexibility index (Phi) is 5.97. The number of aromatic nitrogens is 2. The maximum Gasteiger partial charge on any atom is 0.128 e. The number of rotatable bonds is 4. The summed E-state index contributed by atoms with van der Waals surface area (Å²) in [6.07, 6.45) is 1.59. The van der Waals surface area contributed by atoms with E-state index < -0.39 is 0 Å². The molecule has 4 rings (SSSR count). The Morgan fingerprint density at radius 2 is 1.70 bits per heavy atom. The van der Waals surface area contributed by atoms with Gasteiger partial charge in [-0.15, -0.1) is 23.1 Å². The van der Waals surface area contributed by atoms with E-state index in [2.05, 4.69) is 43.4 Å². The molecule has 2 heterocycles. The topological polar surface area (TPSA) is 25.8 Å². The van der Waals surface area contributed by atoms with E-state index in [4.69, 9.17) is 34.8 Å². The fourth-order valence-electron chi connectivity index (χ4n) is 2.65. The van der Waals surface area contributed by atoms with Crippen LogP contribution in [0.15, 0.2) is 57.6 Å². The molecule has 4 aromatic rings. The largest absolute Gasteiger partial charge is 0.229 e. The second-order valence-electron chi connectivity index (χ2n) is 5.65. The minimum Gasteiger partial charge on any atom is -0.229 e. The molecule has 0 radical (unpaired) electrons. The Morgan fingerprint density at radius 1 is 1.00 bits per heavy atom. The van der Waals surface area contributed by atoms with Crippen molar-refractivity contribution in [2.75, 3.05) is 0 Å². The average molecular weight is 517 g/mol. The van der Waals surface area contributed by atoms with Crippen molar-refractivity contribution in [1.82, 2.24) is 9.97 Å². The molecule has 0 unspecified atom stereocenters. The molecule has 2 aromatic carbocycles. The molecule has 0 aliphatic rings. The van der Waals surface area contributed by atoms with Crippen LogP contribution >= 0.6 is 73.8 Å². The van der Waals surface area contributed by atoms with Crippen molar-refractivity contribution in [2.45, 2.75) is 10.8 Å². The van der Waals surface area contributed by atoms with Crippen LogP contribution in [0.1, 0.15) is 5.56 Å². The molecular weight excluding hydrogens is 507 g/mol. The van der Waals surface area contributed by atoms with E-state index in [0.717, 1.165) is 36.4 Å². The van der Waals surface area contributed by atoms with Crippen molar-refractivity contribution >= 4 is 84.0 Å². The maximum absolute atomic E-state index is 6.32. The summed E-state index contributed by atoms with van der Waals surface area (Å²) in [5.74, 6) is 0.594. The number of fused-ring (bicyclic) bond motifs is 1. The Balaban J connectivity index is 1.72. The Labute approximate surface area is 188 Å². The van der Waals surface area contributed by atoms with Crippen LogP contribution in [0.3, 0.4) is 0 Å². The van der Waals surface area contributed by atoms with Crippen LogP contribution < -0.4 is 0 Å². The summed E-state index contributed by atoms with van der Waals surface area (Å²) in [7, 11) is 0. The lowest BCUT2D eigenvalue weighted by atomic mass is 10.1. The van der Waals surface area contributed by atoms with Crippen LogP contribution in [-0.4, -0.2) is 9.97 Å². The first-order chi connectivity index (χ1) is 13.0. The summed E-state index contributed by atoms with van der Waals surface area (Å²) in [6.45, 7) is 0. The molecule has 0 N–H and O–H groups in total. The van der Waals surface area contributed by atoms with Crippen molar-refractivity contribution in [3.63, 3.8) is 0 Å². The zero-order chi connectivity index (χ0) is 19.0. The summed E-state index contributed by atoms with van der Waals surface area (Å²) < 4.78 is 1.05. The van der Waals surface area contributed by atoms with Gasteiger partial charge in [-0.25, -0.2) is 9.97 Å². The highest BCUT2D eigenvalue weighted by Gasteiger charge is 2.15. The minimum absolute atomic E-state index is 0.526. The fraction of sp³-hybridized carbons (Fsp3) is 0.0526. The molecule has 0 aliphatic heterocycles. The average Bonchev–Trinajstić information content (AvgIpc) is 3.06. The lowest BCUT2D eigenvalue weighted by Crippen LogP contribution is -1.89. The van der Waals surface area contributed by atoms with Crippen molar-refractivity contribution in [3.8, 4) is 11.1 Å². The van der Waals surface area contributed by atoms with Crippen molar-refractivity contribution in [1.29, 1.82) is 0 Å². The molecule has 0 fully saturated rings. The highest BCUT2D eigenvalue weighted by Crippen LogP contribution is 2.40. The predicted octanol–water partition coefficient (Wildman–Crippen LogP) is 8.37. The standard InChI is InChI=1S/C19H10BrCl3N2S2/c20-11-3-1-10(2-4-11)13-7-26-18-17(13)19(25-9-24-18)27-8-14-15(22)5-12(21)6-16(14)23/h1-7,9H,8H2. The van der Waals surface area contributed by atoms with Crippen LogP contribution in [-0.2, 0) is 5.75 Å². The van der Waals surface area contributed by atoms with E-state index in [1.165, 1.54) is 0 Å². The van der Waals surface area contributed by atoms with Gasteiger partial charge in [-0.3, -0.25) is 0 Å². The molecule has 2 nitrogen and oxygen atoms in total. The van der Waals surface area contributed by atoms with E-state index in [1.807, 2.05) is 12.1 Å². The van der Waals surface area contributed by atoms with Gasteiger partial charge in [-0.2, -0.15) is 0 Å². The molecule has 0 bridgehead atoms. The Bertz CT molecular complexity index is 1110. The second-order valence-corrected chi connectivity index (χ2v) is 9.64. The third-order valence-electron chi connectivity index (χ3n) is 3.95. The van der Waals surface area contributed by atoms with Gasteiger partial charge in [0.1, 0.15) is 16.2 Å². The minimum atomic E-state index is 0.526. The van der Waals surface area contributed by atoms with Crippen LogP contribution in [0.2, 0.25) is 15.1 Å². The van der Waals surface area contributed by atoms with Gasteiger partial charge in [-0.1, -0.05) is 62.9 Å². The summed E-state index contributed by atoms with van der Waals surface area (Å²) in [5, 5.41) is 5.72. The number of thioether (sulfide) groups is 1. The molecule has 0 atom stereocenters. The number of hydrogen-bond donors (Lipinski definition) is 0. The maximum atomic E-state index is 6.32. The predicted molar refractivity (Wildman–Crippen MR) is 122 cm³/mol. The first kappa shape index (κ1) is 19.5. The quantitative estimate of drug-likeness (QED) is 0.201. The molecule has 0 saturated heterocycles. The van der Waals surface area contributed by atoms with Gasteiger partial charge in [0, 0.05) is 36.2 Å². The van der Waals surface area contributed by atoms with Gasteiger partial charge < -0.3 is 0 Å². The molecule has 0 aliphatic carbocycles. The van der Waals surface area contributed by atoms with Crippen LogP contribution in [0, 0.1) is 0 Å². The smallest absolute Gasteiger partial charge is 0.128 e. The third kappa shape index (κ3) is 4.14. The number of halogens is 4. The zero-order valence-corrected chi connectivity index (χ0v) is 19.0. The van der Waals surface area contributed by atoms with Crippen LogP contribution in [0.4, 0.5) is 0 Å². The van der Waals surface area contributed by atoms with Gasteiger partial charge in [-0.05, 0) is 35.4 Å². The molecular formula is C19H10BrCl3N2S2. The number of hydrogen-bond acceptors (Lipinski definition) is 4. The van der Waals surface area contributed by atoms with E-state index in [1.54, 1.807) is 41.6 Å². The summed E-state index contributed by atoms with van der Waals surface area (Å²) in [6, 6.07) is 11.6. The first-order valence-electron chi connectivity index (χ1n) is 7.77. The molecule has 8 heteroatoms. The second kappa shape index (κ2) is 8.27. The molecule has 136 valence electrons. The highest BCUT2D eigenvalue weighted by molar-refractivity contribution is 9.10. The third-order valence-corrected chi connectivity index (χ3v) is 7.27. The van der Waals surface area contributed by atoms with Gasteiger partial charge in [0.15, 0.2) is 0 Å². The number of nitrogens with zero attached hydrogens (tertiary/aromatic N) is 2. The Hall–Kier alpha value is -0.820. The lowest BCUT2D eigenvalue weighted by Gasteiger charge is -2.09. The normalized spacial score (nSPS) is 11.3. The van der Waals surface area contributed by atoms with Crippen LogP contribution in [0.25, 0.3) is 21.3 Å². The monoisotopic (exact) mass is 514 g/mol. The van der Waals surface area contributed by atoms with E-state index in [9.17, 15) is 0 Å². The van der Waals surface area contributed by atoms with Crippen molar-refractivity contribution in [2.24, 2.45) is 0 Å². The van der Waals surface area contributed by atoms with Crippen molar-refractivity contribution < 1.29 is 0 Å². The molecule has 27 heavy (non-hydrogen) atoms. The van der Waals surface area contributed by atoms with E-state index in [-0.39, 0.29) is 0 Å².